The third kappa shape index (κ3) is 3.54. The molecule has 1 heterocycles. The molecule has 3 nitrogen and oxygen atoms in total. The molecule has 0 saturated carbocycles. The predicted molar refractivity (Wildman–Crippen MR) is 68.9 cm³/mol. The lowest BCUT2D eigenvalue weighted by Gasteiger charge is -2.23. The molecule has 1 aliphatic heterocycles. The Morgan fingerprint density at radius 3 is 2.82 bits per heavy atom. The van der Waals surface area contributed by atoms with Crippen molar-refractivity contribution in [3.05, 3.63) is 29.8 Å². The number of nitrogens with one attached hydrogen (secondary N) is 1. The van der Waals surface area contributed by atoms with Crippen LogP contribution in [-0.2, 0) is 16.3 Å². The van der Waals surface area contributed by atoms with Crippen LogP contribution in [0.5, 0.6) is 0 Å². The summed E-state index contributed by atoms with van der Waals surface area (Å²) in [6.45, 7) is 1.08. The van der Waals surface area contributed by atoms with Gasteiger partial charge in [0.05, 0.1) is 4.90 Å². The fourth-order valence-corrected chi connectivity index (χ4v) is 2.98. The Morgan fingerprint density at radius 1 is 1.35 bits per heavy atom. The molecule has 1 aromatic rings. The fourth-order valence-electron chi connectivity index (χ4n) is 2.29. The summed E-state index contributed by atoms with van der Waals surface area (Å²) in [5, 5.41) is 3.48. The highest BCUT2D eigenvalue weighted by molar-refractivity contribution is 7.90. The third-order valence-corrected chi connectivity index (χ3v) is 4.33. The summed E-state index contributed by atoms with van der Waals surface area (Å²) < 4.78 is 22.9. The summed E-state index contributed by atoms with van der Waals surface area (Å²) in [6.07, 6.45) is 5.88. The van der Waals surface area contributed by atoms with E-state index in [1.807, 2.05) is 12.1 Å². The molecule has 0 aliphatic carbocycles. The average molecular weight is 253 g/mol. The van der Waals surface area contributed by atoms with Gasteiger partial charge in [-0.25, -0.2) is 8.42 Å². The van der Waals surface area contributed by atoms with E-state index >= 15 is 0 Å². The second-order valence-corrected chi connectivity index (χ2v) is 6.79. The summed E-state index contributed by atoms with van der Waals surface area (Å²) in [6, 6.07) is 7.79. The number of rotatable bonds is 3. The van der Waals surface area contributed by atoms with Crippen LogP contribution in [0.1, 0.15) is 24.8 Å². The summed E-state index contributed by atoms with van der Waals surface area (Å²) >= 11 is 0. The SMILES string of the molecule is CS(=O)(=O)c1cccc(CC2CCCCN2)c1. The van der Waals surface area contributed by atoms with Crippen LogP contribution in [-0.4, -0.2) is 27.3 Å². The van der Waals surface area contributed by atoms with Crippen molar-refractivity contribution < 1.29 is 8.42 Å². The maximum Gasteiger partial charge on any atom is 0.175 e. The smallest absolute Gasteiger partial charge is 0.175 e. The van der Waals surface area contributed by atoms with Gasteiger partial charge in [-0.2, -0.15) is 0 Å². The predicted octanol–water partition coefficient (Wildman–Crippen LogP) is 1.77. The first-order valence-corrected chi connectivity index (χ1v) is 7.97. The number of sulfone groups is 1. The lowest BCUT2D eigenvalue weighted by atomic mass is 9.98. The monoisotopic (exact) mass is 253 g/mol. The third-order valence-electron chi connectivity index (χ3n) is 3.22. The van der Waals surface area contributed by atoms with Crippen LogP contribution in [0.25, 0.3) is 0 Å². The Bertz CT molecular complexity index is 476. The van der Waals surface area contributed by atoms with Gasteiger partial charge in [-0.3, -0.25) is 0 Å². The van der Waals surface area contributed by atoms with Crippen molar-refractivity contribution in [1.82, 2.24) is 5.32 Å². The highest BCUT2D eigenvalue weighted by atomic mass is 32.2. The Morgan fingerprint density at radius 2 is 2.18 bits per heavy atom. The van der Waals surface area contributed by atoms with Gasteiger partial charge in [0.1, 0.15) is 0 Å². The van der Waals surface area contributed by atoms with Gasteiger partial charge < -0.3 is 5.32 Å². The highest BCUT2D eigenvalue weighted by Gasteiger charge is 2.14. The molecule has 1 aliphatic rings. The molecule has 0 bridgehead atoms. The number of benzene rings is 1. The van der Waals surface area contributed by atoms with Gasteiger partial charge in [-0.15, -0.1) is 0 Å². The van der Waals surface area contributed by atoms with E-state index in [0.29, 0.717) is 10.9 Å². The number of piperidine rings is 1. The molecule has 1 saturated heterocycles. The zero-order valence-electron chi connectivity index (χ0n) is 10.1. The lowest BCUT2D eigenvalue weighted by molar-refractivity contribution is 0.399. The van der Waals surface area contributed by atoms with Crippen LogP contribution < -0.4 is 5.32 Å². The molecule has 1 fully saturated rings. The van der Waals surface area contributed by atoms with Crippen molar-refractivity contribution in [2.45, 2.75) is 36.6 Å². The van der Waals surface area contributed by atoms with Gasteiger partial charge in [0.2, 0.25) is 0 Å². The Hall–Kier alpha value is -0.870. The van der Waals surface area contributed by atoms with Crippen molar-refractivity contribution in [2.24, 2.45) is 0 Å². The molecular weight excluding hydrogens is 234 g/mol. The molecule has 0 spiro atoms. The van der Waals surface area contributed by atoms with Gasteiger partial charge in [0.15, 0.2) is 9.84 Å². The summed E-state index contributed by atoms with van der Waals surface area (Å²) in [7, 11) is -3.09. The fraction of sp³-hybridized carbons (Fsp3) is 0.538. The second kappa shape index (κ2) is 5.19. The van der Waals surface area contributed by atoms with Crippen molar-refractivity contribution in [2.75, 3.05) is 12.8 Å². The van der Waals surface area contributed by atoms with Crippen molar-refractivity contribution in [3.8, 4) is 0 Å². The van der Waals surface area contributed by atoms with E-state index in [0.717, 1.165) is 18.5 Å². The zero-order chi connectivity index (χ0) is 12.3. The van der Waals surface area contributed by atoms with Gasteiger partial charge in [0.25, 0.3) is 0 Å². The van der Waals surface area contributed by atoms with Gasteiger partial charge in [-0.1, -0.05) is 18.6 Å². The maximum absolute atomic E-state index is 11.5. The molecular formula is C13H19NO2S. The first-order chi connectivity index (χ1) is 8.05. The molecule has 1 aromatic carbocycles. The molecule has 4 heteroatoms. The largest absolute Gasteiger partial charge is 0.314 e. The number of hydrogen-bond donors (Lipinski definition) is 1. The Kier molecular flexibility index (Phi) is 3.84. The summed E-state index contributed by atoms with van der Waals surface area (Å²) in [5.74, 6) is 0. The Balaban J connectivity index is 2.11. The molecule has 94 valence electrons. The topological polar surface area (TPSA) is 46.2 Å². The molecule has 0 amide bonds. The van der Waals surface area contributed by atoms with E-state index in [1.165, 1.54) is 25.5 Å². The zero-order valence-corrected chi connectivity index (χ0v) is 11.0. The summed E-state index contributed by atoms with van der Waals surface area (Å²) in [4.78, 5) is 0.422. The van der Waals surface area contributed by atoms with E-state index in [1.54, 1.807) is 12.1 Å². The van der Waals surface area contributed by atoms with Gasteiger partial charge in [0, 0.05) is 12.3 Å². The van der Waals surface area contributed by atoms with Crippen LogP contribution in [0.2, 0.25) is 0 Å². The van der Waals surface area contributed by atoms with Crippen LogP contribution in [0.3, 0.4) is 0 Å². The quantitative estimate of drug-likeness (QED) is 0.893. The lowest BCUT2D eigenvalue weighted by Crippen LogP contribution is -2.35. The minimum Gasteiger partial charge on any atom is -0.314 e. The first-order valence-electron chi connectivity index (χ1n) is 6.08. The second-order valence-electron chi connectivity index (χ2n) is 4.77. The van der Waals surface area contributed by atoms with Crippen molar-refractivity contribution in [3.63, 3.8) is 0 Å². The highest BCUT2D eigenvalue weighted by Crippen LogP contribution is 2.16. The molecule has 1 atom stereocenters. The minimum absolute atomic E-state index is 0.422. The maximum atomic E-state index is 11.5. The molecule has 1 N–H and O–H groups in total. The molecule has 1 unspecified atom stereocenters. The summed E-state index contributed by atoms with van der Waals surface area (Å²) in [5.41, 5.74) is 1.10. The van der Waals surface area contributed by atoms with Gasteiger partial charge >= 0.3 is 0 Å². The van der Waals surface area contributed by atoms with Gasteiger partial charge in [-0.05, 0) is 43.5 Å². The Labute approximate surface area is 103 Å². The van der Waals surface area contributed by atoms with Crippen LogP contribution in [0.15, 0.2) is 29.2 Å². The van der Waals surface area contributed by atoms with Crippen LogP contribution >= 0.6 is 0 Å². The van der Waals surface area contributed by atoms with Crippen LogP contribution in [0.4, 0.5) is 0 Å². The standard InChI is InChI=1S/C13H19NO2S/c1-17(15,16)13-7-4-5-11(10-13)9-12-6-2-3-8-14-12/h4-5,7,10,12,14H,2-3,6,8-9H2,1H3. The number of hydrogen-bond acceptors (Lipinski definition) is 3. The van der Waals surface area contributed by atoms with Crippen molar-refractivity contribution >= 4 is 9.84 Å². The van der Waals surface area contributed by atoms with E-state index in [-0.39, 0.29) is 0 Å². The molecule has 2 rings (SSSR count). The molecule has 17 heavy (non-hydrogen) atoms. The van der Waals surface area contributed by atoms with E-state index in [4.69, 9.17) is 0 Å². The normalized spacial score (nSPS) is 21.4. The first kappa shape index (κ1) is 12.6. The van der Waals surface area contributed by atoms with Crippen LogP contribution in [0, 0.1) is 0 Å². The van der Waals surface area contributed by atoms with E-state index in [9.17, 15) is 8.42 Å². The minimum atomic E-state index is -3.09. The molecule has 0 aromatic heterocycles. The molecule has 0 radical (unpaired) electrons. The van der Waals surface area contributed by atoms with E-state index < -0.39 is 9.84 Å². The van der Waals surface area contributed by atoms with E-state index in [2.05, 4.69) is 5.32 Å². The average Bonchev–Trinajstić information content (AvgIpc) is 2.29. The van der Waals surface area contributed by atoms with Crippen molar-refractivity contribution in [1.29, 1.82) is 0 Å².